The topological polar surface area (TPSA) is 55.6 Å². The Morgan fingerprint density at radius 3 is 2.71 bits per heavy atom. The van der Waals surface area contributed by atoms with Gasteiger partial charge in [-0.05, 0) is 12.5 Å². The van der Waals surface area contributed by atoms with Crippen molar-refractivity contribution in [2.24, 2.45) is 5.73 Å². The van der Waals surface area contributed by atoms with E-state index in [0.717, 1.165) is 19.6 Å². The quantitative estimate of drug-likeness (QED) is 0.860. The predicted octanol–water partition coefficient (Wildman–Crippen LogP) is 1.57. The molecule has 1 heterocycles. The van der Waals surface area contributed by atoms with Crippen LogP contribution in [-0.4, -0.2) is 36.7 Å². The van der Waals surface area contributed by atoms with Gasteiger partial charge < -0.3 is 10.5 Å². The molecule has 92 valence electrons. The Balaban J connectivity index is 1.74. The number of likely N-dealkylation sites (tertiary alicyclic amines) is 1. The number of nitrogens with zero attached hydrogens (tertiary/aromatic N) is 1. The van der Waals surface area contributed by atoms with Crippen LogP contribution in [0.2, 0.25) is 0 Å². The summed E-state index contributed by atoms with van der Waals surface area (Å²) in [5.41, 5.74) is 6.35. The molecule has 4 heteroatoms. The molecule has 1 aromatic rings. The summed E-state index contributed by atoms with van der Waals surface area (Å²) < 4.78 is 4.89. The molecular formula is C13H18N2O2. The zero-order valence-electron chi connectivity index (χ0n) is 10.0. The fraction of sp³-hybridized carbons (Fsp3) is 0.462. The third kappa shape index (κ3) is 3.20. The lowest BCUT2D eigenvalue weighted by atomic mass is 9.91. The van der Waals surface area contributed by atoms with Crippen LogP contribution in [0.15, 0.2) is 30.3 Å². The van der Waals surface area contributed by atoms with Gasteiger partial charge >= 0.3 is 6.09 Å². The largest absolute Gasteiger partial charge is 0.445 e. The minimum atomic E-state index is -0.697. The number of rotatable bonds is 4. The first-order valence-electron chi connectivity index (χ1n) is 5.88. The number of ether oxygens (including phenoxy) is 1. The lowest BCUT2D eigenvalue weighted by Crippen LogP contribution is -2.48. The van der Waals surface area contributed by atoms with E-state index in [1.165, 1.54) is 5.56 Å². The average molecular weight is 234 g/mol. The minimum absolute atomic E-state index is 0.135. The molecule has 17 heavy (non-hydrogen) atoms. The Morgan fingerprint density at radius 2 is 2.12 bits per heavy atom. The molecule has 0 saturated carbocycles. The molecule has 1 atom stereocenters. The van der Waals surface area contributed by atoms with Crippen molar-refractivity contribution < 1.29 is 9.53 Å². The summed E-state index contributed by atoms with van der Waals surface area (Å²) >= 11 is 0. The first-order chi connectivity index (χ1) is 8.15. The maximum Gasteiger partial charge on any atom is 0.404 e. The Hall–Kier alpha value is -1.55. The van der Waals surface area contributed by atoms with Crippen LogP contribution in [0, 0.1) is 0 Å². The van der Waals surface area contributed by atoms with Gasteiger partial charge in [-0.2, -0.15) is 0 Å². The first-order valence-corrected chi connectivity index (χ1v) is 5.88. The van der Waals surface area contributed by atoms with Crippen molar-refractivity contribution in [1.82, 2.24) is 4.90 Å². The highest BCUT2D eigenvalue weighted by molar-refractivity contribution is 5.64. The molecule has 0 aromatic heterocycles. The second kappa shape index (κ2) is 5.19. The zero-order chi connectivity index (χ0) is 12.3. The monoisotopic (exact) mass is 234 g/mol. The van der Waals surface area contributed by atoms with Crippen LogP contribution in [-0.2, 0) is 4.74 Å². The third-order valence-electron chi connectivity index (χ3n) is 3.06. The van der Waals surface area contributed by atoms with E-state index in [-0.39, 0.29) is 6.10 Å². The molecule has 1 aliphatic heterocycles. The molecule has 4 nitrogen and oxygen atoms in total. The smallest absolute Gasteiger partial charge is 0.404 e. The Bertz CT molecular complexity index is 374. The van der Waals surface area contributed by atoms with Gasteiger partial charge in [-0.3, -0.25) is 4.90 Å². The second-order valence-corrected chi connectivity index (χ2v) is 4.57. The number of hydrogen-bond acceptors (Lipinski definition) is 3. The van der Waals surface area contributed by atoms with Crippen LogP contribution in [0.1, 0.15) is 18.4 Å². The molecule has 0 spiro atoms. The Morgan fingerprint density at radius 1 is 1.47 bits per heavy atom. The molecule has 1 fully saturated rings. The van der Waals surface area contributed by atoms with Gasteiger partial charge in [0, 0.05) is 25.6 Å². The van der Waals surface area contributed by atoms with E-state index in [9.17, 15) is 4.79 Å². The van der Waals surface area contributed by atoms with Crippen LogP contribution < -0.4 is 5.73 Å². The number of primary amides is 1. The molecule has 1 amide bonds. The highest BCUT2D eigenvalue weighted by Gasteiger charge is 2.29. The predicted molar refractivity (Wildman–Crippen MR) is 65.8 cm³/mol. The number of carbonyl (C=O) groups excluding carboxylic acids is 1. The summed E-state index contributed by atoms with van der Waals surface area (Å²) in [6, 6.07) is 10.5. The van der Waals surface area contributed by atoms with E-state index in [2.05, 4.69) is 29.2 Å². The average Bonchev–Trinajstić information content (AvgIpc) is 2.23. The standard InChI is InChI=1S/C13H18N2O2/c1-10(17-13(14)16)7-15-8-12(9-15)11-5-3-2-4-6-11/h2-6,10,12H,7-9H2,1H3,(H2,14,16)/t10-/m1/s1. The van der Waals surface area contributed by atoms with Crippen LogP contribution in [0.4, 0.5) is 4.79 Å². The number of benzene rings is 1. The van der Waals surface area contributed by atoms with Crippen LogP contribution >= 0.6 is 0 Å². The van der Waals surface area contributed by atoms with Gasteiger partial charge in [0.05, 0.1) is 0 Å². The molecular weight excluding hydrogens is 216 g/mol. The Kier molecular flexibility index (Phi) is 3.64. The van der Waals surface area contributed by atoms with Gasteiger partial charge in [-0.1, -0.05) is 30.3 Å². The van der Waals surface area contributed by atoms with Crippen molar-refractivity contribution >= 4 is 6.09 Å². The second-order valence-electron chi connectivity index (χ2n) is 4.57. The van der Waals surface area contributed by atoms with E-state index in [4.69, 9.17) is 10.5 Å². The summed E-state index contributed by atoms with van der Waals surface area (Å²) in [6.45, 7) is 4.67. The van der Waals surface area contributed by atoms with Crippen LogP contribution in [0.3, 0.4) is 0 Å². The third-order valence-corrected chi connectivity index (χ3v) is 3.06. The summed E-state index contributed by atoms with van der Waals surface area (Å²) in [5.74, 6) is 0.608. The maximum atomic E-state index is 10.6. The summed E-state index contributed by atoms with van der Waals surface area (Å²) in [5, 5.41) is 0. The minimum Gasteiger partial charge on any atom is -0.445 e. The SMILES string of the molecule is C[C@H](CN1CC(c2ccccc2)C1)OC(N)=O. The molecule has 1 saturated heterocycles. The van der Waals surface area contributed by atoms with Gasteiger partial charge in [0.1, 0.15) is 6.10 Å². The first kappa shape index (κ1) is 11.9. The van der Waals surface area contributed by atoms with E-state index < -0.39 is 6.09 Å². The normalized spacial score (nSPS) is 18.4. The summed E-state index contributed by atoms with van der Waals surface area (Å²) in [7, 11) is 0. The van der Waals surface area contributed by atoms with E-state index in [0.29, 0.717) is 5.92 Å². The van der Waals surface area contributed by atoms with E-state index in [1.807, 2.05) is 13.0 Å². The lowest BCUT2D eigenvalue weighted by Gasteiger charge is -2.40. The fourth-order valence-electron chi connectivity index (χ4n) is 2.25. The number of nitrogens with two attached hydrogens (primary N) is 1. The van der Waals surface area contributed by atoms with Crippen molar-refractivity contribution in [2.45, 2.75) is 18.9 Å². The van der Waals surface area contributed by atoms with Crippen molar-refractivity contribution in [3.63, 3.8) is 0 Å². The highest BCUT2D eigenvalue weighted by atomic mass is 16.6. The lowest BCUT2D eigenvalue weighted by molar-refractivity contribution is 0.0558. The molecule has 0 aliphatic carbocycles. The van der Waals surface area contributed by atoms with Crippen molar-refractivity contribution in [1.29, 1.82) is 0 Å². The van der Waals surface area contributed by atoms with Gasteiger partial charge in [0.15, 0.2) is 0 Å². The molecule has 2 rings (SSSR count). The van der Waals surface area contributed by atoms with Gasteiger partial charge in [0.25, 0.3) is 0 Å². The summed E-state index contributed by atoms with van der Waals surface area (Å²) in [6.07, 6.45) is -0.832. The van der Waals surface area contributed by atoms with E-state index >= 15 is 0 Å². The van der Waals surface area contributed by atoms with Crippen molar-refractivity contribution in [3.8, 4) is 0 Å². The van der Waals surface area contributed by atoms with Gasteiger partial charge in [-0.25, -0.2) is 4.79 Å². The number of carbonyl (C=O) groups is 1. The summed E-state index contributed by atoms with van der Waals surface area (Å²) in [4.78, 5) is 12.8. The van der Waals surface area contributed by atoms with E-state index in [1.54, 1.807) is 0 Å². The molecule has 1 aromatic carbocycles. The van der Waals surface area contributed by atoms with Gasteiger partial charge in [-0.15, -0.1) is 0 Å². The molecule has 2 N–H and O–H groups in total. The fourth-order valence-corrected chi connectivity index (χ4v) is 2.25. The zero-order valence-corrected chi connectivity index (χ0v) is 10.0. The van der Waals surface area contributed by atoms with Crippen molar-refractivity contribution in [3.05, 3.63) is 35.9 Å². The number of hydrogen-bond donors (Lipinski definition) is 1. The van der Waals surface area contributed by atoms with Crippen molar-refractivity contribution in [2.75, 3.05) is 19.6 Å². The van der Waals surface area contributed by atoms with Crippen LogP contribution in [0.5, 0.6) is 0 Å². The molecule has 0 radical (unpaired) electrons. The van der Waals surface area contributed by atoms with Gasteiger partial charge in [0.2, 0.25) is 0 Å². The number of amides is 1. The van der Waals surface area contributed by atoms with Crippen LogP contribution in [0.25, 0.3) is 0 Å². The maximum absolute atomic E-state index is 10.6. The highest BCUT2D eigenvalue weighted by Crippen LogP contribution is 2.26. The Labute approximate surface area is 101 Å². The molecule has 0 unspecified atom stereocenters. The molecule has 1 aliphatic rings. The molecule has 0 bridgehead atoms.